The van der Waals surface area contributed by atoms with Gasteiger partial charge in [-0.15, -0.1) is 0 Å². The molecule has 0 unspecified atom stereocenters. The summed E-state index contributed by atoms with van der Waals surface area (Å²) in [7, 11) is 6.31. The van der Waals surface area contributed by atoms with E-state index in [1.165, 1.54) is 14.2 Å². The summed E-state index contributed by atoms with van der Waals surface area (Å²) in [5.41, 5.74) is 2.28. The zero-order valence-corrected chi connectivity index (χ0v) is 21.1. The maximum Gasteiger partial charge on any atom is 0.254 e. The molecule has 2 aliphatic rings. The normalized spacial score (nSPS) is 18.1. The van der Waals surface area contributed by atoms with E-state index >= 15 is 0 Å². The Kier molecular flexibility index (Phi) is 6.52. The van der Waals surface area contributed by atoms with Crippen LogP contribution in [0.3, 0.4) is 0 Å². The molecule has 3 aromatic rings. The fraction of sp³-hybridized carbons (Fsp3) is 0.286. The highest BCUT2D eigenvalue weighted by Crippen LogP contribution is 2.46. The lowest BCUT2D eigenvalue weighted by molar-refractivity contribution is -0.119. The van der Waals surface area contributed by atoms with E-state index in [2.05, 4.69) is 5.32 Å². The van der Waals surface area contributed by atoms with E-state index in [4.69, 9.17) is 23.7 Å². The van der Waals surface area contributed by atoms with E-state index in [9.17, 15) is 9.59 Å². The van der Waals surface area contributed by atoms with Gasteiger partial charge in [0, 0.05) is 24.4 Å². The van der Waals surface area contributed by atoms with Crippen molar-refractivity contribution >= 4 is 17.5 Å². The molecule has 5 rings (SSSR count). The quantitative estimate of drug-likeness (QED) is 0.542. The third kappa shape index (κ3) is 4.37. The number of hydrogen-bond acceptors (Lipinski definition) is 7. The summed E-state index contributed by atoms with van der Waals surface area (Å²) in [6.07, 6.45) is 0. The molecule has 0 saturated carbocycles. The number of benzene rings is 3. The average molecular weight is 505 g/mol. The number of methoxy groups -OCH3 is 3. The number of carbonyl (C=O) groups is 2. The number of fused-ring (bicyclic) bond motifs is 2. The molecule has 37 heavy (non-hydrogen) atoms. The number of anilines is 1. The van der Waals surface area contributed by atoms with Crippen molar-refractivity contribution in [1.29, 1.82) is 0 Å². The van der Waals surface area contributed by atoms with E-state index in [-0.39, 0.29) is 11.8 Å². The molecule has 0 spiro atoms. The van der Waals surface area contributed by atoms with Gasteiger partial charge in [0.2, 0.25) is 5.91 Å². The molecule has 0 fully saturated rings. The second-order valence-corrected chi connectivity index (χ2v) is 8.75. The Bertz CT molecular complexity index is 1340. The number of rotatable bonds is 6. The molecular weight excluding hydrogens is 476 g/mol. The molecule has 0 aliphatic carbocycles. The van der Waals surface area contributed by atoms with Crippen molar-refractivity contribution in [3.63, 3.8) is 0 Å². The number of nitrogens with zero attached hydrogens (tertiary/aromatic N) is 1. The van der Waals surface area contributed by atoms with E-state index < -0.39 is 12.0 Å². The van der Waals surface area contributed by atoms with Crippen LogP contribution >= 0.6 is 0 Å². The highest BCUT2D eigenvalue weighted by atomic mass is 16.6. The molecule has 2 amide bonds. The van der Waals surface area contributed by atoms with Crippen molar-refractivity contribution in [2.24, 2.45) is 0 Å². The van der Waals surface area contributed by atoms with Gasteiger partial charge in [-0.25, -0.2) is 0 Å². The summed E-state index contributed by atoms with van der Waals surface area (Å²) in [5, 5.41) is 3.02. The van der Waals surface area contributed by atoms with Crippen LogP contribution in [0.5, 0.6) is 28.7 Å². The number of hydrogen-bond donors (Lipinski definition) is 1. The molecule has 2 aliphatic heterocycles. The number of ether oxygens (including phenoxy) is 5. The molecule has 2 atom stereocenters. The van der Waals surface area contributed by atoms with Crippen molar-refractivity contribution in [3.8, 4) is 28.7 Å². The molecule has 0 aromatic heterocycles. The minimum absolute atomic E-state index is 0.222. The monoisotopic (exact) mass is 504 g/mol. The summed E-state index contributed by atoms with van der Waals surface area (Å²) < 4.78 is 27.5. The van der Waals surface area contributed by atoms with Crippen LogP contribution in [0, 0.1) is 0 Å². The second-order valence-electron chi connectivity index (χ2n) is 8.75. The lowest BCUT2D eigenvalue weighted by Crippen LogP contribution is -2.44. The lowest BCUT2D eigenvalue weighted by atomic mass is 9.79. The summed E-state index contributed by atoms with van der Waals surface area (Å²) >= 11 is 0. The Labute approximate surface area is 214 Å². The Morgan fingerprint density at radius 3 is 2.24 bits per heavy atom. The average Bonchev–Trinajstić information content (AvgIpc) is 2.94. The van der Waals surface area contributed by atoms with Gasteiger partial charge in [-0.2, -0.15) is 0 Å². The Morgan fingerprint density at radius 1 is 0.892 bits per heavy atom. The first-order chi connectivity index (χ1) is 17.9. The van der Waals surface area contributed by atoms with Gasteiger partial charge in [0.1, 0.15) is 19.0 Å². The van der Waals surface area contributed by atoms with Gasteiger partial charge in [0.05, 0.1) is 33.3 Å². The van der Waals surface area contributed by atoms with Gasteiger partial charge in [-0.1, -0.05) is 12.1 Å². The second kappa shape index (κ2) is 9.93. The molecular formula is C28H28N2O7. The fourth-order valence-electron chi connectivity index (χ4n) is 4.89. The van der Waals surface area contributed by atoms with Gasteiger partial charge in [-0.05, 0) is 47.5 Å². The van der Waals surface area contributed by atoms with Crippen LogP contribution in [-0.4, -0.2) is 58.3 Å². The molecule has 9 heteroatoms. The molecule has 0 bridgehead atoms. The van der Waals surface area contributed by atoms with Crippen LogP contribution in [0.15, 0.2) is 54.6 Å². The zero-order valence-electron chi connectivity index (χ0n) is 21.1. The summed E-state index contributed by atoms with van der Waals surface area (Å²) in [6, 6.07) is 15.4. The van der Waals surface area contributed by atoms with Gasteiger partial charge in [-0.3, -0.25) is 9.59 Å². The maximum atomic E-state index is 14.0. The van der Waals surface area contributed by atoms with Crippen molar-refractivity contribution in [2.75, 3.05) is 46.9 Å². The van der Waals surface area contributed by atoms with E-state index in [0.29, 0.717) is 58.8 Å². The third-order valence-electron chi connectivity index (χ3n) is 6.72. The molecule has 192 valence electrons. The Hall–Kier alpha value is -4.40. The van der Waals surface area contributed by atoms with Gasteiger partial charge in [0.25, 0.3) is 5.91 Å². The van der Waals surface area contributed by atoms with Crippen LogP contribution in [0.2, 0.25) is 0 Å². The first-order valence-electron chi connectivity index (χ1n) is 11.8. The highest BCUT2D eigenvalue weighted by molar-refractivity contribution is 6.05. The standard InChI is InChI=1S/C28H28N2O7/c1-30-26(16-5-8-18(33-2)9-6-16)25(19-14-22(34-3)23(35-4)15-20(19)28(30)32)27(31)29-17-7-10-21-24(13-17)37-12-11-36-21/h5-10,13-15,25-26H,11-12H2,1-4H3,(H,29,31)/t25-,26+/m0/s1. The van der Waals surface area contributed by atoms with Crippen molar-refractivity contribution in [3.05, 3.63) is 71.3 Å². The van der Waals surface area contributed by atoms with E-state index in [0.717, 1.165) is 5.56 Å². The molecule has 2 heterocycles. The topological polar surface area (TPSA) is 95.6 Å². The number of amides is 2. The van der Waals surface area contributed by atoms with Crippen molar-refractivity contribution < 1.29 is 33.3 Å². The summed E-state index contributed by atoms with van der Waals surface area (Å²) in [4.78, 5) is 29.1. The number of nitrogens with one attached hydrogen (secondary N) is 1. The predicted molar refractivity (Wildman–Crippen MR) is 136 cm³/mol. The van der Waals surface area contributed by atoms with Crippen molar-refractivity contribution in [1.82, 2.24) is 4.90 Å². The zero-order chi connectivity index (χ0) is 26.1. The minimum atomic E-state index is -0.751. The van der Waals surface area contributed by atoms with E-state index in [1.54, 1.807) is 49.4 Å². The van der Waals surface area contributed by atoms with Crippen LogP contribution in [0.1, 0.15) is 33.4 Å². The van der Waals surface area contributed by atoms with Crippen LogP contribution in [0.4, 0.5) is 5.69 Å². The fourth-order valence-corrected chi connectivity index (χ4v) is 4.89. The smallest absolute Gasteiger partial charge is 0.254 e. The molecule has 0 saturated heterocycles. The number of carbonyl (C=O) groups excluding carboxylic acids is 2. The van der Waals surface area contributed by atoms with Gasteiger partial charge in [0.15, 0.2) is 23.0 Å². The maximum absolute atomic E-state index is 14.0. The largest absolute Gasteiger partial charge is 0.497 e. The SMILES string of the molecule is COc1ccc([C@@H]2[C@@H](C(=O)Nc3ccc4c(c3)OCCO4)c3cc(OC)c(OC)cc3C(=O)N2C)cc1. The van der Waals surface area contributed by atoms with Crippen molar-refractivity contribution in [2.45, 2.75) is 12.0 Å². The minimum Gasteiger partial charge on any atom is -0.497 e. The Morgan fingerprint density at radius 2 is 1.57 bits per heavy atom. The van der Waals surface area contributed by atoms with E-state index in [1.807, 2.05) is 24.3 Å². The van der Waals surface area contributed by atoms with Crippen LogP contribution < -0.4 is 29.0 Å². The van der Waals surface area contributed by atoms with Crippen LogP contribution in [-0.2, 0) is 4.79 Å². The summed E-state index contributed by atoms with van der Waals surface area (Å²) in [5.74, 6) is 1.47. The van der Waals surface area contributed by atoms with Gasteiger partial charge < -0.3 is 33.9 Å². The third-order valence-corrected chi connectivity index (χ3v) is 6.72. The molecule has 9 nitrogen and oxygen atoms in total. The first kappa shape index (κ1) is 24.3. The lowest BCUT2D eigenvalue weighted by Gasteiger charge is -2.40. The predicted octanol–water partition coefficient (Wildman–Crippen LogP) is 4.03. The van der Waals surface area contributed by atoms with Gasteiger partial charge >= 0.3 is 0 Å². The molecule has 0 radical (unpaired) electrons. The first-order valence-corrected chi connectivity index (χ1v) is 11.8. The highest BCUT2D eigenvalue weighted by Gasteiger charge is 2.43. The van der Waals surface area contributed by atoms with Crippen LogP contribution in [0.25, 0.3) is 0 Å². The number of likely N-dealkylation sites (N-methyl/N-ethyl adjacent to an activating group) is 1. The Balaban J connectivity index is 1.60. The molecule has 3 aromatic carbocycles. The molecule has 1 N–H and O–H groups in total. The summed E-state index contributed by atoms with van der Waals surface area (Å²) in [6.45, 7) is 0.918.